The Morgan fingerprint density at radius 1 is 1.00 bits per heavy atom. The van der Waals surface area contributed by atoms with Crippen molar-refractivity contribution in [1.29, 1.82) is 0 Å². The quantitative estimate of drug-likeness (QED) is 0.420. The number of cyclic esters (lactones) is 1. The molecule has 0 bridgehead atoms. The van der Waals surface area contributed by atoms with Crippen LogP contribution in [0.3, 0.4) is 0 Å². The highest BCUT2D eigenvalue weighted by molar-refractivity contribution is 6.34. The Hall–Kier alpha value is -3.44. The van der Waals surface area contributed by atoms with Crippen LogP contribution in [-0.4, -0.2) is 11.9 Å². The van der Waals surface area contributed by atoms with E-state index in [0.717, 1.165) is 11.1 Å². The number of carbonyl (C=O) groups is 1. The van der Waals surface area contributed by atoms with Crippen LogP contribution < -0.4 is 4.74 Å². The number of ether oxygens (including phenoxy) is 2. The van der Waals surface area contributed by atoms with Crippen molar-refractivity contribution in [2.75, 3.05) is 0 Å². The monoisotopic (exact) mass is 407 g/mol. The van der Waals surface area contributed by atoms with Gasteiger partial charge in [0.15, 0.2) is 5.70 Å². The van der Waals surface area contributed by atoms with Gasteiger partial charge in [-0.15, -0.1) is 0 Å². The lowest BCUT2D eigenvalue weighted by Gasteiger charge is -2.06. The Morgan fingerprint density at radius 3 is 2.45 bits per heavy atom. The predicted molar refractivity (Wildman–Crippen MR) is 109 cm³/mol. The highest BCUT2D eigenvalue weighted by Gasteiger charge is 2.25. The molecule has 0 aliphatic carbocycles. The van der Waals surface area contributed by atoms with Gasteiger partial charge in [-0.25, -0.2) is 14.2 Å². The summed E-state index contributed by atoms with van der Waals surface area (Å²) in [7, 11) is 0. The molecular weight excluding hydrogens is 393 g/mol. The van der Waals surface area contributed by atoms with Crippen molar-refractivity contribution in [3.05, 3.63) is 106 Å². The van der Waals surface area contributed by atoms with Gasteiger partial charge >= 0.3 is 5.97 Å². The van der Waals surface area contributed by atoms with E-state index in [1.807, 2.05) is 12.1 Å². The van der Waals surface area contributed by atoms with Crippen LogP contribution in [0.4, 0.5) is 4.39 Å². The number of aliphatic imine (C=N–C) groups is 1. The second kappa shape index (κ2) is 8.29. The summed E-state index contributed by atoms with van der Waals surface area (Å²) in [5.41, 5.74) is 2.40. The van der Waals surface area contributed by atoms with E-state index in [2.05, 4.69) is 4.99 Å². The summed E-state index contributed by atoms with van der Waals surface area (Å²) in [5.74, 6) is 0.0327. The van der Waals surface area contributed by atoms with Crippen LogP contribution in [0.2, 0.25) is 5.02 Å². The van der Waals surface area contributed by atoms with Crippen LogP contribution in [0.5, 0.6) is 5.75 Å². The normalized spacial score (nSPS) is 14.6. The molecule has 0 unspecified atom stereocenters. The van der Waals surface area contributed by atoms with E-state index in [1.165, 1.54) is 12.1 Å². The van der Waals surface area contributed by atoms with E-state index in [0.29, 0.717) is 22.9 Å². The topological polar surface area (TPSA) is 47.9 Å². The van der Waals surface area contributed by atoms with Crippen LogP contribution in [0.1, 0.15) is 16.7 Å². The van der Waals surface area contributed by atoms with E-state index in [-0.39, 0.29) is 17.4 Å². The minimum atomic E-state index is -0.531. The number of hydrogen-bond donors (Lipinski definition) is 0. The number of hydrogen-bond acceptors (Lipinski definition) is 4. The summed E-state index contributed by atoms with van der Waals surface area (Å²) in [4.78, 5) is 16.4. The van der Waals surface area contributed by atoms with Crippen LogP contribution in [0, 0.1) is 5.82 Å². The number of esters is 1. The van der Waals surface area contributed by atoms with E-state index in [4.69, 9.17) is 21.1 Å². The van der Waals surface area contributed by atoms with Crippen molar-refractivity contribution >= 4 is 29.5 Å². The summed E-state index contributed by atoms with van der Waals surface area (Å²) < 4.78 is 23.9. The average molecular weight is 408 g/mol. The largest absolute Gasteiger partial charge is 0.489 e. The Kier molecular flexibility index (Phi) is 5.40. The number of carbonyl (C=O) groups excluding carboxylic acids is 1. The van der Waals surface area contributed by atoms with Gasteiger partial charge in [-0.1, -0.05) is 48.0 Å². The summed E-state index contributed by atoms with van der Waals surface area (Å²) in [6.07, 6.45) is 1.63. The fourth-order valence-electron chi connectivity index (χ4n) is 2.72. The SMILES string of the molecule is O=C1OC(c2ccccc2Cl)=N/C1=C/c1ccc(OCc2ccc(F)cc2)cc1. The van der Waals surface area contributed by atoms with Crippen LogP contribution in [-0.2, 0) is 16.1 Å². The molecule has 3 aromatic rings. The molecule has 144 valence electrons. The lowest BCUT2D eigenvalue weighted by molar-refractivity contribution is -0.129. The molecule has 0 saturated heterocycles. The van der Waals surface area contributed by atoms with Gasteiger partial charge in [0, 0.05) is 0 Å². The zero-order valence-corrected chi connectivity index (χ0v) is 15.9. The first-order valence-electron chi connectivity index (χ1n) is 8.83. The van der Waals surface area contributed by atoms with E-state index >= 15 is 0 Å². The summed E-state index contributed by atoms with van der Waals surface area (Å²) in [5, 5.41) is 0.461. The minimum Gasteiger partial charge on any atom is -0.489 e. The fraction of sp³-hybridized carbons (Fsp3) is 0.0435. The third-order valence-corrected chi connectivity index (χ3v) is 4.56. The van der Waals surface area contributed by atoms with Crippen LogP contribution in [0.25, 0.3) is 6.08 Å². The molecule has 0 aromatic heterocycles. The molecule has 0 fully saturated rings. The minimum absolute atomic E-state index is 0.186. The molecule has 1 heterocycles. The molecule has 6 heteroatoms. The van der Waals surface area contributed by atoms with Crippen molar-refractivity contribution in [3.63, 3.8) is 0 Å². The predicted octanol–water partition coefficient (Wildman–Crippen LogP) is 5.40. The molecule has 0 N–H and O–H groups in total. The lowest BCUT2D eigenvalue weighted by atomic mass is 10.2. The second-order valence-corrected chi connectivity index (χ2v) is 6.71. The number of rotatable bonds is 5. The van der Waals surface area contributed by atoms with Crippen molar-refractivity contribution in [2.24, 2.45) is 4.99 Å². The highest BCUT2D eigenvalue weighted by atomic mass is 35.5. The molecule has 1 aliphatic heterocycles. The van der Waals surface area contributed by atoms with Gasteiger partial charge in [0.2, 0.25) is 5.90 Å². The van der Waals surface area contributed by atoms with Crippen LogP contribution >= 0.6 is 11.6 Å². The third kappa shape index (κ3) is 4.52. The molecule has 4 nitrogen and oxygen atoms in total. The summed E-state index contributed by atoms with van der Waals surface area (Å²) >= 11 is 6.13. The van der Waals surface area contributed by atoms with Gasteiger partial charge in [-0.2, -0.15) is 0 Å². The Bertz CT molecular complexity index is 1110. The molecular formula is C23H15ClFNO3. The van der Waals surface area contributed by atoms with Crippen molar-refractivity contribution < 1.29 is 18.7 Å². The van der Waals surface area contributed by atoms with Crippen molar-refractivity contribution in [1.82, 2.24) is 0 Å². The third-order valence-electron chi connectivity index (χ3n) is 4.23. The van der Waals surface area contributed by atoms with E-state index in [9.17, 15) is 9.18 Å². The van der Waals surface area contributed by atoms with Gasteiger partial charge in [0.1, 0.15) is 18.2 Å². The lowest BCUT2D eigenvalue weighted by Crippen LogP contribution is -2.05. The number of halogens is 2. The van der Waals surface area contributed by atoms with Crippen LogP contribution in [0.15, 0.2) is 83.5 Å². The Balaban J connectivity index is 1.46. The maximum Gasteiger partial charge on any atom is 0.363 e. The van der Waals surface area contributed by atoms with Gasteiger partial charge < -0.3 is 9.47 Å². The average Bonchev–Trinajstić information content (AvgIpc) is 3.09. The van der Waals surface area contributed by atoms with Gasteiger partial charge in [0.25, 0.3) is 0 Å². The first-order valence-corrected chi connectivity index (χ1v) is 9.21. The highest BCUT2D eigenvalue weighted by Crippen LogP contribution is 2.24. The van der Waals surface area contributed by atoms with Crippen molar-refractivity contribution in [3.8, 4) is 5.75 Å². The van der Waals surface area contributed by atoms with Crippen molar-refractivity contribution in [2.45, 2.75) is 6.61 Å². The van der Waals surface area contributed by atoms with E-state index < -0.39 is 5.97 Å². The summed E-state index contributed by atoms with van der Waals surface area (Å²) in [6.45, 7) is 0.332. The number of nitrogens with zero attached hydrogens (tertiary/aromatic N) is 1. The Morgan fingerprint density at radius 2 is 1.72 bits per heavy atom. The van der Waals surface area contributed by atoms with Gasteiger partial charge in [-0.3, -0.25) is 0 Å². The molecule has 3 aromatic carbocycles. The molecule has 29 heavy (non-hydrogen) atoms. The first kappa shape index (κ1) is 18.9. The van der Waals surface area contributed by atoms with E-state index in [1.54, 1.807) is 54.6 Å². The first-order chi connectivity index (χ1) is 14.1. The zero-order valence-electron chi connectivity index (χ0n) is 15.1. The molecule has 1 aliphatic rings. The molecule has 0 saturated carbocycles. The number of benzene rings is 3. The maximum absolute atomic E-state index is 12.9. The molecule has 0 radical (unpaired) electrons. The maximum atomic E-state index is 12.9. The molecule has 0 amide bonds. The molecule has 0 spiro atoms. The summed E-state index contributed by atoms with van der Waals surface area (Å²) in [6, 6.07) is 20.4. The Labute approximate surface area is 171 Å². The standard InChI is InChI=1S/C23H15ClFNO3/c24-20-4-2-1-3-19(20)22-26-21(23(27)29-22)13-15-7-11-18(12-8-15)28-14-16-5-9-17(25)10-6-16/h1-13H,14H2/b21-13+. The zero-order chi connectivity index (χ0) is 20.2. The fourth-order valence-corrected chi connectivity index (χ4v) is 2.94. The van der Waals surface area contributed by atoms with Gasteiger partial charge in [0.05, 0.1) is 10.6 Å². The van der Waals surface area contributed by atoms with Gasteiger partial charge in [-0.05, 0) is 53.6 Å². The molecule has 4 rings (SSSR count). The second-order valence-electron chi connectivity index (χ2n) is 6.30. The molecule has 0 atom stereocenters. The smallest absolute Gasteiger partial charge is 0.363 e.